The molecule has 0 heterocycles. The molecule has 1 fully saturated rings. The van der Waals surface area contributed by atoms with Crippen LogP contribution < -0.4 is 5.73 Å². The van der Waals surface area contributed by atoms with Gasteiger partial charge >= 0.3 is 0 Å². The van der Waals surface area contributed by atoms with Gasteiger partial charge in [0.25, 0.3) is 0 Å². The third kappa shape index (κ3) is 1.45. The fraction of sp³-hybridized carbons (Fsp3) is 1.00. The molecule has 1 aliphatic rings. The molecular weight excluding hydrogens is 110 g/mol. The van der Waals surface area contributed by atoms with Crippen molar-refractivity contribution in [2.75, 3.05) is 0 Å². The van der Waals surface area contributed by atoms with E-state index >= 15 is 0 Å². The Bertz CT molecular complexity index is 96.7. The summed E-state index contributed by atoms with van der Waals surface area (Å²) in [5, 5.41) is 0. The molecule has 0 amide bonds. The third-order valence-corrected chi connectivity index (χ3v) is 2.59. The van der Waals surface area contributed by atoms with E-state index in [1.807, 2.05) is 0 Å². The van der Waals surface area contributed by atoms with Gasteiger partial charge in [-0.25, -0.2) is 0 Å². The first-order valence-corrected chi connectivity index (χ1v) is 3.88. The first-order chi connectivity index (χ1) is 4.13. The lowest BCUT2D eigenvalue weighted by atomic mass is 9.74. The minimum absolute atomic E-state index is 0.415. The van der Waals surface area contributed by atoms with Crippen molar-refractivity contribution in [1.29, 1.82) is 0 Å². The monoisotopic (exact) mass is 127 g/mol. The Hall–Kier alpha value is -0.0400. The van der Waals surface area contributed by atoms with E-state index in [4.69, 9.17) is 5.73 Å². The van der Waals surface area contributed by atoms with E-state index in [9.17, 15) is 0 Å². The first kappa shape index (κ1) is 7.07. The van der Waals surface area contributed by atoms with E-state index < -0.39 is 0 Å². The molecule has 0 aromatic heterocycles. The maximum Gasteiger partial charge on any atom is 0.00902 e. The summed E-state index contributed by atoms with van der Waals surface area (Å²) in [6, 6.07) is 0.450. The standard InChI is InChI=1S/C8H17N/c1-8(2)6-4-3-5-7(8)9/h7H,3-6,9H2,1-2H3/t7-/m1/s1. The fourth-order valence-corrected chi connectivity index (χ4v) is 1.52. The van der Waals surface area contributed by atoms with Gasteiger partial charge in [-0.3, -0.25) is 0 Å². The van der Waals surface area contributed by atoms with Gasteiger partial charge in [-0.2, -0.15) is 0 Å². The number of rotatable bonds is 0. The minimum atomic E-state index is 0.415. The van der Waals surface area contributed by atoms with Crippen molar-refractivity contribution in [2.24, 2.45) is 11.1 Å². The predicted octanol–water partition coefficient (Wildman–Crippen LogP) is 1.91. The molecule has 0 bridgehead atoms. The van der Waals surface area contributed by atoms with Gasteiger partial charge in [0.2, 0.25) is 0 Å². The van der Waals surface area contributed by atoms with Gasteiger partial charge in [-0.1, -0.05) is 26.7 Å². The van der Waals surface area contributed by atoms with Crippen LogP contribution in [0.5, 0.6) is 0 Å². The lowest BCUT2D eigenvalue weighted by molar-refractivity contribution is 0.202. The molecule has 9 heavy (non-hydrogen) atoms. The van der Waals surface area contributed by atoms with Crippen molar-refractivity contribution in [3.8, 4) is 0 Å². The highest BCUT2D eigenvalue weighted by atomic mass is 14.7. The Morgan fingerprint density at radius 3 is 2.33 bits per heavy atom. The van der Waals surface area contributed by atoms with Crippen LogP contribution >= 0.6 is 0 Å². The van der Waals surface area contributed by atoms with Crippen LogP contribution in [-0.4, -0.2) is 6.04 Å². The highest BCUT2D eigenvalue weighted by molar-refractivity contribution is 4.84. The van der Waals surface area contributed by atoms with Gasteiger partial charge in [0.15, 0.2) is 0 Å². The molecule has 1 rings (SSSR count). The molecular formula is C8H17N. The van der Waals surface area contributed by atoms with Crippen LogP contribution in [0.1, 0.15) is 39.5 Å². The summed E-state index contributed by atoms with van der Waals surface area (Å²) in [6.07, 6.45) is 5.26. The van der Waals surface area contributed by atoms with Crippen molar-refractivity contribution >= 4 is 0 Å². The van der Waals surface area contributed by atoms with Gasteiger partial charge in [-0.05, 0) is 18.3 Å². The summed E-state index contributed by atoms with van der Waals surface area (Å²) in [5.41, 5.74) is 6.33. The number of hydrogen-bond acceptors (Lipinski definition) is 1. The smallest absolute Gasteiger partial charge is 0.00902 e. The zero-order valence-electron chi connectivity index (χ0n) is 6.48. The molecule has 0 saturated heterocycles. The molecule has 0 radical (unpaired) electrons. The lowest BCUT2D eigenvalue weighted by Gasteiger charge is -2.35. The maximum atomic E-state index is 5.91. The summed E-state index contributed by atoms with van der Waals surface area (Å²) >= 11 is 0. The SMILES string of the molecule is CC1(C)CCCC[C@H]1N. The van der Waals surface area contributed by atoms with Crippen LogP contribution in [0.15, 0.2) is 0 Å². The van der Waals surface area contributed by atoms with Crippen molar-refractivity contribution in [1.82, 2.24) is 0 Å². The van der Waals surface area contributed by atoms with E-state index in [0.29, 0.717) is 11.5 Å². The van der Waals surface area contributed by atoms with Crippen LogP contribution in [0.2, 0.25) is 0 Å². The lowest BCUT2D eigenvalue weighted by Crippen LogP contribution is -2.39. The van der Waals surface area contributed by atoms with Crippen molar-refractivity contribution in [3.63, 3.8) is 0 Å². The largest absolute Gasteiger partial charge is 0.327 e. The van der Waals surface area contributed by atoms with Gasteiger partial charge < -0.3 is 5.73 Å². The van der Waals surface area contributed by atoms with Gasteiger partial charge in [0, 0.05) is 6.04 Å². The Balaban J connectivity index is 2.49. The van der Waals surface area contributed by atoms with Crippen molar-refractivity contribution in [3.05, 3.63) is 0 Å². The first-order valence-electron chi connectivity index (χ1n) is 3.88. The maximum absolute atomic E-state index is 5.91. The Morgan fingerprint density at radius 1 is 1.33 bits per heavy atom. The molecule has 2 N–H and O–H groups in total. The molecule has 1 nitrogen and oxygen atoms in total. The zero-order chi connectivity index (χ0) is 6.91. The van der Waals surface area contributed by atoms with Crippen molar-refractivity contribution < 1.29 is 0 Å². The second-order valence-electron chi connectivity index (χ2n) is 3.84. The zero-order valence-corrected chi connectivity index (χ0v) is 6.48. The van der Waals surface area contributed by atoms with E-state index in [1.165, 1.54) is 25.7 Å². The second kappa shape index (κ2) is 2.30. The van der Waals surface area contributed by atoms with Crippen LogP contribution in [0.3, 0.4) is 0 Å². The fourth-order valence-electron chi connectivity index (χ4n) is 1.52. The van der Waals surface area contributed by atoms with Crippen LogP contribution in [0.25, 0.3) is 0 Å². The van der Waals surface area contributed by atoms with Gasteiger partial charge in [0.05, 0.1) is 0 Å². The normalized spacial score (nSPS) is 34.3. The highest BCUT2D eigenvalue weighted by Gasteiger charge is 2.28. The molecule has 1 atom stereocenters. The van der Waals surface area contributed by atoms with Crippen LogP contribution in [-0.2, 0) is 0 Å². The summed E-state index contributed by atoms with van der Waals surface area (Å²) in [7, 11) is 0. The Kier molecular flexibility index (Phi) is 1.80. The van der Waals surface area contributed by atoms with Gasteiger partial charge in [0.1, 0.15) is 0 Å². The summed E-state index contributed by atoms with van der Waals surface area (Å²) < 4.78 is 0. The summed E-state index contributed by atoms with van der Waals surface area (Å²) in [4.78, 5) is 0. The van der Waals surface area contributed by atoms with E-state index in [0.717, 1.165) is 0 Å². The third-order valence-electron chi connectivity index (χ3n) is 2.59. The molecule has 0 aromatic carbocycles. The molecule has 1 saturated carbocycles. The Morgan fingerprint density at radius 2 is 2.00 bits per heavy atom. The molecule has 0 unspecified atom stereocenters. The topological polar surface area (TPSA) is 26.0 Å². The Labute approximate surface area is 57.6 Å². The minimum Gasteiger partial charge on any atom is -0.327 e. The highest BCUT2D eigenvalue weighted by Crippen LogP contribution is 2.33. The van der Waals surface area contributed by atoms with E-state index in [1.54, 1.807) is 0 Å². The second-order valence-corrected chi connectivity index (χ2v) is 3.84. The average Bonchev–Trinajstić information content (AvgIpc) is 1.77. The van der Waals surface area contributed by atoms with E-state index in [2.05, 4.69) is 13.8 Å². The predicted molar refractivity (Wildman–Crippen MR) is 40.2 cm³/mol. The summed E-state index contributed by atoms with van der Waals surface area (Å²) in [6.45, 7) is 4.55. The van der Waals surface area contributed by atoms with Crippen LogP contribution in [0.4, 0.5) is 0 Å². The molecule has 0 aromatic rings. The molecule has 1 heteroatoms. The van der Waals surface area contributed by atoms with Crippen LogP contribution in [0, 0.1) is 5.41 Å². The number of hydrogen-bond donors (Lipinski definition) is 1. The van der Waals surface area contributed by atoms with Gasteiger partial charge in [-0.15, -0.1) is 0 Å². The quantitative estimate of drug-likeness (QED) is 0.528. The van der Waals surface area contributed by atoms with E-state index in [-0.39, 0.29) is 0 Å². The summed E-state index contributed by atoms with van der Waals surface area (Å²) in [5.74, 6) is 0. The average molecular weight is 127 g/mol. The molecule has 0 spiro atoms. The van der Waals surface area contributed by atoms with Crippen molar-refractivity contribution in [2.45, 2.75) is 45.6 Å². The molecule has 1 aliphatic carbocycles. The molecule has 0 aliphatic heterocycles. The molecule has 54 valence electrons. The number of nitrogens with two attached hydrogens (primary N) is 1.